The van der Waals surface area contributed by atoms with E-state index in [9.17, 15) is 14.7 Å². The van der Waals surface area contributed by atoms with Gasteiger partial charge in [0.05, 0.1) is 6.04 Å². The van der Waals surface area contributed by atoms with E-state index in [4.69, 9.17) is 4.74 Å². The van der Waals surface area contributed by atoms with Gasteiger partial charge in [-0.05, 0) is 46.5 Å². The van der Waals surface area contributed by atoms with Crippen molar-refractivity contribution in [2.45, 2.75) is 83.1 Å². The summed E-state index contributed by atoms with van der Waals surface area (Å²) in [6.07, 6.45) is 3.94. The van der Waals surface area contributed by atoms with Crippen LogP contribution in [0.4, 0.5) is 4.79 Å². The molecule has 0 aromatic heterocycles. The maximum atomic E-state index is 12.2. The maximum absolute atomic E-state index is 12.2. The number of nitrogens with one attached hydrogen (secondary N) is 1. The Balaban J connectivity index is 1.93. The number of rotatable bonds is 3. The minimum atomic E-state index is -1.18. The van der Waals surface area contributed by atoms with Crippen LogP contribution in [0.1, 0.15) is 59.3 Å². The Morgan fingerprint density at radius 3 is 2.41 bits per heavy atom. The third-order valence-electron chi connectivity index (χ3n) is 4.26. The topological polar surface area (TPSA) is 78.9 Å². The van der Waals surface area contributed by atoms with Crippen molar-refractivity contribution in [3.63, 3.8) is 0 Å². The number of nitrogens with zero attached hydrogens (tertiary/aromatic N) is 1. The zero-order chi connectivity index (χ0) is 16.3. The predicted molar refractivity (Wildman–Crippen MR) is 82.4 cm³/mol. The molecule has 2 fully saturated rings. The molecule has 1 unspecified atom stereocenters. The molecule has 0 bridgehead atoms. The van der Waals surface area contributed by atoms with Crippen LogP contribution in [0, 0.1) is 0 Å². The van der Waals surface area contributed by atoms with Gasteiger partial charge >= 0.3 is 6.09 Å². The third-order valence-corrected chi connectivity index (χ3v) is 4.26. The first-order valence-electron chi connectivity index (χ1n) is 8.26. The summed E-state index contributed by atoms with van der Waals surface area (Å²) in [4.78, 5) is 25.9. The van der Waals surface area contributed by atoms with Gasteiger partial charge in [-0.25, -0.2) is 4.79 Å². The number of aliphatic hydroxyl groups is 1. The highest BCUT2D eigenvalue weighted by atomic mass is 16.6. The quantitative estimate of drug-likeness (QED) is 0.833. The molecule has 2 atom stereocenters. The van der Waals surface area contributed by atoms with Gasteiger partial charge in [-0.1, -0.05) is 12.8 Å². The average molecular weight is 312 g/mol. The van der Waals surface area contributed by atoms with Gasteiger partial charge in [0.15, 0.2) is 6.10 Å². The molecule has 2 aliphatic rings. The zero-order valence-corrected chi connectivity index (χ0v) is 13.8. The standard InChI is InChI=1S/C16H28N2O4/c1-16(2,3)22-15(21)18-10-6-9-12(18)13(19)14(20)17-11-7-4-5-8-11/h11-13,19H,4-10H2,1-3H3,(H,17,20)/t12-,13?/m0/s1. The molecule has 0 aromatic carbocycles. The highest BCUT2D eigenvalue weighted by Crippen LogP contribution is 2.24. The highest BCUT2D eigenvalue weighted by molar-refractivity contribution is 5.82. The van der Waals surface area contributed by atoms with Gasteiger partial charge in [0.25, 0.3) is 5.91 Å². The minimum absolute atomic E-state index is 0.165. The summed E-state index contributed by atoms with van der Waals surface area (Å²) < 4.78 is 5.36. The molecule has 22 heavy (non-hydrogen) atoms. The second kappa shape index (κ2) is 6.86. The Morgan fingerprint density at radius 1 is 1.18 bits per heavy atom. The first-order chi connectivity index (χ1) is 10.3. The van der Waals surface area contributed by atoms with Crippen LogP contribution in [0.5, 0.6) is 0 Å². The SMILES string of the molecule is CC(C)(C)OC(=O)N1CCC[C@H]1C(O)C(=O)NC1CCCC1. The van der Waals surface area contributed by atoms with Crippen LogP contribution in [-0.4, -0.2) is 52.3 Å². The first kappa shape index (κ1) is 17.1. The molecule has 1 saturated heterocycles. The monoisotopic (exact) mass is 312 g/mol. The van der Waals surface area contributed by atoms with Crippen molar-refractivity contribution < 1.29 is 19.4 Å². The Labute approximate surface area is 132 Å². The lowest BCUT2D eigenvalue weighted by atomic mass is 10.1. The molecule has 0 aromatic rings. The van der Waals surface area contributed by atoms with Crippen LogP contribution >= 0.6 is 0 Å². The molecule has 1 aliphatic carbocycles. The molecule has 1 aliphatic heterocycles. The third kappa shape index (κ3) is 4.35. The molecule has 1 heterocycles. The summed E-state index contributed by atoms with van der Waals surface area (Å²) >= 11 is 0. The lowest BCUT2D eigenvalue weighted by Gasteiger charge is -2.31. The Bertz CT molecular complexity index is 413. The van der Waals surface area contributed by atoms with Crippen molar-refractivity contribution >= 4 is 12.0 Å². The fourth-order valence-electron chi connectivity index (χ4n) is 3.20. The van der Waals surface area contributed by atoms with E-state index in [0.717, 1.165) is 32.1 Å². The van der Waals surface area contributed by atoms with Crippen LogP contribution in [0.25, 0.3) is 0 Å². The van der Waals surface area contributed by atoms with Crippen LogP contribution in [0.2, 0.25) is 0 Å². The van der Waals surface area contributed by atoms with Gasteiger partial charge < -0.3 is 20.1 Å². The molecule has 0 radical (unpaired) electrons. The van der Waals surface area contributed by atoms with E-state index >= 15 is 0 Å². The molecule has 0 spiro atoms. The molecule has 6 nitrogen and oxygen atoms in total. The number of amides is 2. The van der Waals surface area contributed by atoms with Gasteiger partial charge in [-0.15, -0.1) is 0 Å². The summed E-state index contributed by atoms with van der Waals surface area (Å²) in [6, 6.07) is -0.324. The van der Waals surface area contributed by atoms with E-state index in [-0.39, 0.29) is 11.9 Å². The summed E-state index contributed by atoms with van der Waals surface area (Å²) in [5.41, 5.74) is -0.582. The predicted octanol–water partition coefficient (Wildman–Crippen LogP) is 1.81. The lowest BCUT2D eigenvalue weighted by molar-refractivity contribution is -0.132. The van der Waals surface area contributed by atoms with E-state index in [2.05, 4.69) is 5.32 Å². The zero-order valence-electron chi connectivity index (χ0n) is 13.8. The number of carbonyl (C=O) groups is 2. The van der Waals surface area contributed by atoms with Gasteiger partial charge in [0.1, 0.15) is 5.60 Å². The van der Waals surface area contributed by atoms with Crippen molar-refractivity contribution in [2.75, 3.05) is 6.54 Å². The summed E-state index contributed by atoms with van der Waals surface area (Å²) in [5.74, 6) is -0.368. The second-order valence-corrected chi connectivity index (χ2v) is 7.32. The number of likely N-dealkylation sites (tertiary alicyclic amines) is 1. The number of hydrogen-bond acceptors (Lipinski definition) is 4. The molecule has 2 N–H and O–H groups in total. The fraction of sp³-hybridized carbons (Fsp3) is 0.875. The molecule has 1 saturated carbocycles. The molecule has 126 valence electrons. The fourth-order valence-corrected chi connectivity index (χ4v) is 3.20. The lowest BCUT2D eigenvalue weighted by Crippen LogP contribution is -2.52. The Morgan fingerprint density at radius 2 is 1.82 bits per heavy atom. The van der Waals surface area contributed by atoms with E-state index in [0.29, 0.717) is 13.0 Å². The van der Waals surface area contributed by atoms with Gasteiger partial charge in [-0.2, -0.15) is 0 Å². The number of ether oxygens (including phenoxy) is 1. The normalized spacial score (nSPS) is 24.4. The van der Waals surface area contributed by atoms with Crippen LogP contribution in [0.15, 0.2) is 0 Å². The van der Waals surface area contributed by atoms with Crippen molar-refractivity contribution in [3.8, 4) is 0 Å². The van der Waals surface area contributed by atoms with E-state index < -0.39 is 23.8 Å². The van der Waals surface area contributed by atoms with E-state index in [1.165, 1.54) is 4.90 Å². The van der Waals surface area contributed by atoms with E-state index in [1.807, 2.05) is 0 Å². The van der Waals surface area contributed by atoms with Gasteiger partial charge in [0, 0.05) is 12.6 Å². The first-order valence-corrected chi connectivity index (χ1v) is 8.26. The number of hydrogen-bond donors (Lipinski definition) is 2. The molecule has 6 heteroatoms. The average Bonchev–Trinajstić information content (AvgIpc) is 3.06. The minimum Gasteiger partial charge on any atom is -0.444 e. The van der Waals surface area contributed by atoms with Crippen molar-refractivity contribution in [2.24, 2.45) is 0 Å². The molecule has 2 amide bonds. The summed E-state index contributed by atoms with van der Waals surface area (Å²) in [7, 11) is 0. The Kier molecular flexibility index (Phi) is 5.32. The maximum Gasteiger partial charge on any atom is 0.410 e. The van der Waals surface area contributed by atoms with Crippen LogP contribution < -0.4 is 5.32 Å². The van der Waals surface area contributed by atoms with Crippen molar-refractivity contribution in [3.05, 3.63) is 0 Å². The van der Waals surface area contributed by atoms with Gasteiger partial charge in [-0.3, -0.25) is 4.79 Å². The largest absolute Gasteiger partial charge is 0.444 e. The van der Waals surface area contributed by atoms with Gasteiger partial charge in [0.2, 0.25) is 0 Å². The van der Waals surface area contributed by atoms with Crippen molar-refractivity contribution in [1.29, 1.82) is 0 Å². The van der Waals surface area contributed by atoms with Crippen molar-refractivity contribution in [1.82, 2.24) is 10.2 Å². The van der Waals surface area contributed by atoms with Crippen LogP contribution in [-0.2, 0) is 9.53 Å². The second-order valence-electron chi connectivity index (χ2n) is 7.32. The highest BCUT2D eigenvalue weighted by Gasteiger charge is 2.39. The van der Waals surface area contributed by atoms with Crippen LogP contribution in [0.3, 0.4) is 0 Å². The summed E-state index contributed by atoms with van der Waals surface area (Å²) in [5, 5.41) is 13.2. The van der Waals surface area contributed by atoms with E-state index in [1.54, 1.807) is 20.8 Å². The number of aliphatic hydroxyl groups excluding tert-OH is 1. The molecular weight excluding hydrogens is 284 g/mol. The summed E-state index contributed by atoms with van der Waals surface area (Å²) in [6.45, 7) is 5.94. The molecule has 2 rings (SSSR count). The smallest absolute Gasteiger partial charge is 0.410 e. The molecular formula is C16H28N2O4. The number of carbonyl (C=O) groups excluding carboxylic acids is 2. The Hall–Kier alpha value is -1.30.